The summed E-state index contributed by atoms with van der Waals surface area (Å²) >= 11 is 0. The lowest BCUT2D eigenvalue weighted by molar-refractivity contribution is -0.402. The van der Waals surface area contributed by atoms with Crippen molar-refractivity contribution in [1.82, 2.24) is 4.90 Å². The molecule has 18 rings (SSSR count). The highest BCUT2D eigenvalue weighted by molar-refractivity contribution is 6.99. The summed E-state index contributed by atoms with van der Waals surface area (Å²) in [4.78, 5) is 48.8. The highest BCUT2D eigenvalue weighted by atomic mass is 28.4. The lowest BCUT2D eigenvalue weighted by atomic mass is 9.93. The van der Waals surface area contributed by atoms with Crippen molar-refractivity contribution in [3.8, 4) is 5.75 Å². The number of carbonyl (C=O) groups is 3. The fourth-order valence-electron chi connectivity index (χ4n) is 19.5. The largest absolute Gasteiger partial charge is 0.497 e. The summed E-state index contributed by atoms with van der Waals surface area (Å²) in [7, 11) is -2.24. The van der Waals surface area contributed by atoms with E-state index in [1.807, 2.05) is 310 Å². The molecule has 0 spiro atoms. The van der Waals surface area contributed by atoms with Crippen LogP contribution in [0.3, 0.4) is 0 Å². The van der Waals surface area contributed by atoms with Crippen LogP contribution in [0, 0.1) is 0 Å². The molecule has 4 saturated heterocycles. The summed E-state index contributed by atoms with van der Waals surface area (Å²) in [6.07, 6.45) is -27.5. The summed E-state index contributed by atoms with van der Waals surface area (Å²) in [5.41, 5.74) is 7.52. The van der Waals surface area contributed by atoms with Gasteiger partial charge < -0.3 is 94.8 Å². The zero-order chi connectivity index (χ0) is 99.0. The average Bonchev–Trinajstić information content (AvgIpc) is 1.63. The van der Waals surface area contributed by atoms with E-state index in [1.54, 1.807) is 61.7 Å². The van der Waals surface area contributed by atoms with Gasteiger partial charge in [0.2, 0.25) is 0 Å². The molecule has 0 bridgehead atoms. The maximum atomic E-state index is 16.6. The van der Waals surface area contributed by atoms with Gasteiger partial charge in [-0.2, -0.15) is 0 Å². The molecule has 20 atom stereocenters. The predicted molar refractivity (Wildman–Crippen MR) is 541 cm³/mol. The number of benzene rings is 13. The molecule has 0 radical (unpaired) electrons. The van der Waals surface area contributed by atoms with E-state index in [1.165, 1.54) is 0 Å². The second kappa shape index (κ2) is 49.6. The SMILES string of the molecule is COc1ccc(COC[C@H]2O[C@@H](O)[C@H](N3C(=O)c4ccccc4C3=O)[C@@H](OCc3ccccc3)[C@@H]2O[C@@H]2O[C@H](CO[Si](c3ccccc3)(c3ccccc3)C(C)(C)C)[C@H](O[C@@H]3O[C@@H](C)[C@@H](OCc4ccccc4)[C@@H](OCc4ccccc4)[C@@H]3OCc3ccccc3)[C@H](O[C@H]3O[C@H](COCc4ccccc4)[C@H](OCc4ccccc4)[C@H](OCc4ccccc4)[C@H]3OCc3ccccc3)[C@H]2OC(=O)c2ccccc2)cc1. The van der Waals surface area contributed by atoms with E-state index in [9.17, 15) is 5.11 Å². The summed E-state index contributed by atoms with van der Waals surface area (Å²) in [6.45, 7) is 7.70. The molecule has 24 nitrogen and oxygen atoms in total. The van der Waals surface area contributed by atoms with Gasteiger partial charge in [-0.15, -0.1) is 0 Å². The van der Waals surface area contributed by atoms with Crippen molar-refractivity contribution in [2.75, 3.05) is 26.9 Å². The molecular weight excluding hydrogens is 1840 g/mol. The number of aliphatic hydroxyl groups is 1. The molecule has 0 aromatic heterocycles. The van der Waals surface area contributed by atoms with Crippen molar-refractivity contribution in [3.63, 3.8) is 0 Å². The van der Waals surface area contributed by atoms with Crippen molar-refractivity contribution in [2.45, 2.75) is 215 Å². The van der Waals surface area contributed by atoms with Crippen LogP contribution in [-0.2, 0) is 144 Å². The number of methoxy groups -OCH3 is 1. The molecule has 25 heteroatoms. The normalized spacial score (nSPS) is 24.9. The first kappa shape index (κ1) is 102. The summed E-state index contributed by atoms with van der Waals surface area (Å²) in [5, 5.41) is 14.4. The maximum absolute atomic E-state index is 16.6. The van der Waals surface area contributed by atoms with Crippen molar-refractivity contribution in [2.24, 2.45) is 0 Å². The molecule has 0 aliphatic carbocycles. The molecule has 2 amide bonds. The van der Waals surface area contributed by atoms with Gasteiger partial charge >= 0.3 is 5.97 Å². The molecule has 0 unspecified atom stereocenters. The standard InChI is InChI=1S/C119H123NO23Si/c1-81-101(128-71-83-43-19-7-20-44-83)106(131-74-86-49-25-10-26-50-86)109(133-76-88-53-29-12-30-54-88)116(136-81)142-104-99(80-135-144(119(2,3)4,93-59-35-15-36-60-93)94-61-37-16-38-62-94)139-118(141-103-98(79-127-70-90-65-67-92(125-5)68-66-90)137-115(124)100(105(103)130-73-85-47-23-9-24-48-85)120-112(121)95-63-39-40-64-96(95)113(120)122)111(140-114(123)91-57-33-14-34-58-91)108(104)143-117-110(134-77-89-55-31-13-32-56-89)107(132-75-87-51-27-11-28-52-87)102(129-72-84-45-21-8-22-46-84)97(138-117)78-126-69-82-41-17-6-18-42-82/h6-68,81,97-111,115-118,124H,69-80H2,1-5H3/t81-,97+,98+,99+,100+,101+,102-,103+,104-,105+,106+,107-,108-,109-,110+,111+,115+,116-,117+,118-/m0/s1. The Hall–Kier alpha value is -12.2. The molecule has 13 aromatic carbocycles. The first-order valence-corrected chi connectivity index (χ1v) is 51.1. The third-order valence-electron chi connectivity index (χ3n) is 26.8. The van der Waals surface area contributed by atoms with Crippen LogP contribution in [0.15, 0.2) is 382 Å². The molecule has 5 aliphatic heterocycles. The fraction of sp³-hybridized carbons (Fsp3) is 0.319. The summed E-state index contributed by atoms with van der Waals surface area (Å²) in [6, 6.07) is 119. The number of esters is 1. The zero-order valence-electron chi connectivity index (χ0n) is 81.3. The van der Waals surface area contributed by atoms with E-state index in [0.29, 0.717) is 11.3 Å². The number of imide groups is 1. The van der Waals surface area contributed by atoms with Gasteiger partial charge in [-0.3, -0.25) is 14.5 Å². The number of aliphatic hydroxyl groups excluding tert-OH is 1. The molecule has 5 aliphatic rings. The highest BCUT2D eigenvalue weighted by Crippen LogP contribution is 2.45. The van der Waals surface area contributed by atoms with Crippen LogP contribution in [0.1, 0.15) is 109 Å². The van der Waals surface area contributed by atoms with E-state index in [-0.39, 0.29) is 96.0 Å². The first-order valence-electron chi connectivity index (χ1n) is 49.2. The van der Waals surface area contributed by atoms with Gasteiger partial charge in [-0.25, -0.2) is 4.79 Å². The number of ether oxygens (including phenoxy) is 18. The minimum Gasteiger partial charge on any atom is -0.497 e. The van der Waals surface area contributed by atoms with E-state index in [4.69, 9.17) is 89.7 Å². The topological polar surface area (TPSA) is 250 Å². The molecule has 746 valence electrons. The Morgan fingerprint density at radius 2 is 0.625 bits per heavy atom. The van der Waals surface area contributed by atoms with E-state index < -0.39 is 154 Å². The number of nitrogens with zero attached hydrogens (tertiary/aromatic N) is 1. The van der Waals surface area contributed by atoms with Crippen LogP contribution in [0.25, 0.3) is 0 Å². The van der Waals surface area contributed by atoms with Crippen LogP contribution >= 0.6 is 0 Å². The quantitative estimate of drug-likeness (QED) is 0.0212. The lowest BCUT2D eigenvalue weighted by Crippen LogP contribution is -2.71. The molecule has 1 N–H and O–H groups in total. The number of rotatable bonds is 44. The second-order valence-electron chi connectivity index (χ2n) is 37.6. The lowest BCUT2D eigenvalue weighted by Gasteiger charge is -2.53. The molecule has 4 fully saturated rings. The van der Waals surface area contributed by atoms with Crippen molar-refractivity contribution in [1.29, 1.82) is 0 Å². The molecule has 5 heterocycles. The highest BCUT2D eigenvalue weighted by Gasteiger charge is 2.63. The molecule has 144 heavy (non-hydrogen) atoms. The molecule has 0 saturated carbocycles. The van der Waals surface area contributed by atoms with Gasteiger partial charge in [0.1, 0.15) is 91.1 Å². The van der Waals surface area contributed by atoms with E-state index in [0.717, 1.165) is 59.8 Å². The van der Waals surface area contributed by atoms with Crippen LogP contribution in [-0.4, -0.2) is 186 Å². The van der Waals surface area contributed by atoms with E-state index in [2.05, 4.69) is 45.0 Å². The average molecular weight is 1960 g/mol. The second-order valence-corrected chi connectivity index (χ2v) is 41.9. The Balaban J connectivity index is 0.874. The molecular formula is C119H123NO23Si. The Morgan fingerprint density at radius 3 is 1.03 bits per heavy atom. The molecule has 13 aromatic rings. The van der Waals surface area contributed by atoms with Crippen LogP contribution < -0.4 is 15.1 Å². The van der Waals surface area contributed by atoms with Gasteiger partial charge in [0.25, 0.3) is 20.1 Å². The fourth-order valence-corrected chi connectivity index (χ4v) is 24.1. The summed E-state index contributed by atoms with van der Waals surface area (Å²) < 4.78 is 142. The minimum absolute atomic E-state index is 0.00522. The van der Waals surface area contributed by atoms with Gasteiger partial charge in [0.15, 0.2) is 31.3 Å². The monoisotopic (exact) mass is 1960 g/mol. The van der Waals surface area contributed by atoms with Crippen molar-refractivity contribution >= 4 is 36.5 Å². The smallest absolute Gasteiger partial charge is 0.338 e. The Bertz CT molecular complexity index is 6030. The number of hydrogen-bond donors (Lipinski definition) is 1. The third kappa shape index (κ3) is 25.1. The third-order valence-corrected chi connectivity index (χ3v) is 31.8. The Morgan fingerprint density at radius 1 is 0.319 bits per heavy atom. The number of carbonyl (C=O) groups excluding carboxylic acids is 3. The van der Waals surface area contributed by atoms with Crippen LogP contribution in [0.2, 0.25) is 5.04 Å². The van der Waals surface area contributed by atoms with Crippen molar-refractivity contribution in [3.05, 3.63) is 449 Å². The number of amides is 2. The van der Waals surface area contributed by atoms with Gasteiger partial charge in [-0.05, 0) is 109 Å². The zero-order valence-corrected chi connectivity index (χ0v) is 82.3. The Kier molecular flexibility index (Phi) is 35.0. The van der Waals surface area contributed by atoms with Crippen LogP contribution in [0.4, 0.5) is 0 Å². The number of fused-ring (bicyclic) bond motifs is 1. The van der Waals surface area contributed by atoms with Gasteiger partial charge in [-0.1, -0.05) is 367 Å². The van der Waals surface area contributed by atoms with E-state index >= 15 is 14.4 Å². The van der Waals surface area contributed by atoms with Crippen LogP contribution in [0.5, 0.6) is 5.75 Å². The number of hydrogen-bond acceptors (Lipinski definition) is 23. The van der Waals surface area contributed by atoms with Crippen molar-refractivity contribution < 1.29 is 109 Å². The van der Waals surface area contributed by atoms with Gasteiger partial charge in [0.05, 0.1) is 109 Å². The van der Waals surface area contributed by atoms with Gasteiger partial charge in [0, 0.05) is 0 Å². The predicted octanol–water partition coefficient (Wildman–Crippen LogP) is 18.1. The Labute approximate surface area is 842 Å². The minimum atomic E-state index is -3.82. The first-order chi connectivity index (χ1) is 70.6. The maximum Gasteiger partial charge on any atom is 0.338 e. The summed E-state index contributed by atoms with van der Waals surface area (Å²) in [5.74, 6) is -1.77.